The molecule has 1 atom stereocenters. The van der Waals surface area contributed by atoms with Crippen LogP contribution in [0.3, 0.4) is 0 Å². The van der Waals surface area contributed by atoms with Crippen LogP contribution in [0.4, 0.5) is 0 Å². The first-order chi connectivity index (χ1) is 9.03. The molecule has 0 saturated carbocycles. The SMILES string of the molecule is CSCCCCCn1ccc2c1CC(C)(C)CC2O. The minimum Gasteiger partial charge on any atom is -0.388 e. The third-order valence-electron chi connectivity index (χ3n) is 4.11. The Labute approximate surface area is 121 Å². The van der Waals surface area contributed by atoms with Crippen LogP contribution in [0.5, 0.6) is 0 Å². The maximum Gasteiger partial charge on any atom is 0.0812 e. The molecule has 0 spiro atoms. The van der Waals surface area contributed by atoms with E-state index in [1.54, 1.807) is 0 Å². The molecule has 1 aromatic heterocycles. The lowest BCUT2D eigenvalue weighted by Gasteiger charge is -2.34. The fraction of sp³-hybridized carbons (Fsp3) is 0.750. The molecular formula is C16H27NOS. The molecule has 2 nitrogen and oxygen atoms in total. The van der Waals surface area contributed by atoms with Crippen LogP contribution in [0.1, 0.15) is 56.9 Å². The van der Waals surface area contributed by atoms with Gasteiger partial charge in [-0.05, 0) is 49.2 Å². The Bertz CT molecular complexity index is 411. The van der Waals surface area contributed by atoms with Gasteiger partial charge in [0.25, 0.3) is 0 Å². The molecule has 1 heterocycles. The van der Waals surface area contributed by atoms with Crippen molar-refractivity contribution in [2.45, 2.75) is 58.6 Å². The summed E-state index contributed by atoms with van der Waals surface area (Å²) < 4.78 is 2.37. The van der Waals surface area contributed by atoms with Gasteiger partial charge in [-0.25, -0.2) is 0 Å². The topological polar surface area (TPSA) is 25.2 Å². The van der Waals surface area contributed by atoms with Crippen molar-refractivity contribution in [1.82, 2.24) is 4.57 Å². The van der Waals surface area contributed by atoms with Gasteiger partial charge >= 0.3 is 0 Å². The molecule has 0 aliphatic heterocycles. The minimum atomic E-state index is -0.267. The second-order valence-corrected chi connectivity index (χ2v) is 7.51. The summed E-state index contributed by atoms with van der Waals surface area (Å²) in [5.74, 6) is 1.27. The highest BCUT2D eigenvalue weighted by molar-refractivity contribution is 7.98. The zero-order valence-electron chi connectivity index (χ0n) is 12.5. The number of aliphatic hydroxyl groups is 1. The monoisotopic (exact) mass is 281 g/mol. The lowest BCUT2D eigenvalue weighted by molar-refractivity contribution is 0.0979. The van der Waals surface area contributed by atoms with E-state index >= 15 is 0 Å². The normalized spacial score (nSPS) is 21.4. The van der Waals surface area contributed by atoms with E-state index in [9.17, 15) is 5.11 Å². The molecule has 1 aromatic rings. The summed E-state index contributed by atoms with van der Waals surface area (Å²) in [7, 11) is 0. The van der Waals surface area contributed by atoms with Crippen LogP contribution >= 0.6 is 11.8 Å². The standard InChI is InChI=1S/C16H27NOS/c1-16(2)11-14-13(15(18)12-16)7-9-17(14)8-5-4-6-10-19-3/h7,9,15,18H,4-6,8,10-12H2,1-3H3. The Morgan fingerprint density at radius 2 is 2.16 bits per heavy atom. The molecule has 0 amide bonds. The van der Waals surface area contributed by atoms with Crippen molar-refractivity contribution < 1.29 is 5.11 Å². The summed E-state index contributed by atoms with van der Waals surface area (Å²) in [6, 6.07) is 2.12. The highest BCUT2D eigenvalue weighted by Crippen LogP contribution is 2.41. The fourth-order valence-corrected chi connectivity index (χ4v) is 3.60. The summed E-state index contributed by atoms with van der Waals surface area (Å²) in [6.45, 7) is 5.62. The quantitative estimate of drug-likeness (QED) is 0.797. The average molecular weight is 281 g/mol. The van der Waals surface area contributed by atoms with Crippen molar-refractivity contribution in [1.29, 1.82) is 0 Å². The number of hydrogen-bond acceptors (Lipinski definition) is 2. The van der Waals surface area contributed by atoms with Crippen LogP contribution < -0.4 is 0 Å². The predicted octanol–water partition coefficient (Wildman–Crippen LogP) is 4.03. The molecule has 0 radical (unpaired) electrons. The third kappa shape index (κ3) is 3.79. The van der Waals surface area contributed by atoms with Crippen LogP contribution in [-0.4, -0.2) is 21.7 Å². The van der Waals surface area contributed by atoms with E-state index in [4.69, 9.17) is 0 Å². The molecule has 1 N–H and O–H groups in total. The maximum atomic E-state index is 10.2. The lowest BCUT2D eigenvalue weighted by Crippen LogP contribution is -2.26. The van der Waals surface area contributed by atoms with Gasteiger partial charge in [0, 0.05) is 24.0 Å². The van der Waals surface area contributed by atoms with Gasteiger partial charge in [0.15, 0.2) is 0 Å². The van der Waals surface area contributed by atoms with Crippen molar-refractivity contribution in [3.05, 3.63) is 23.5 Å². The molecule has 1 unspecified atom stereocenters. The minimum absolute atomic E-state index is 0.224. The molecule has 108 valence electrons. The molecule has 1 aliphatic carbocycles. The fourth-order valence-electron chi connectivity index (χ4n) is 3.10. The van der Waals surface area contributed by atoms with E-state index in [0.717, 1.165) is 19.4 Å². The van der Waals surface area contributed by atoms with E-state index in [0.29, 0.717) is 0 Å². The first kappa shape index (κ1) is 15.0. The second kappa shape index (κ2) is 6.36. The highest BCUT2D eigenvalue weighted by Gasteiger charge is 2.32. The summed E-state index contributed by atoms with van der Waals surface area (Å²) in [4.78, 5) is 0. The number of hydrogen-bond donors (Lipinski definition) is 1. The molecule has 0 fully saturated rings. The molecule has 0 aromatic carbocycles. The van der Waals surface area contributed by atoms with E-state index in [1.165, 1.54) is 36.3 Å². The Kier molecular flexibility index (Phi) is 5.02. The predicted molar refractivity (Wildman–Crippen MR) is 83.7 cm³/mol. The van der Waals surface area contributed by atoms with Gasteiger partial charge in [-0.3, -0.25) is 0 Å². The van der Waals surface area contributed by atoms with E-state index in [2.05, 4.69) is 36.9 Å². The smallest absolute Gasteiger partial charge is 0.0812 e. The lowest BCUT2D eigenvalue weighted by atomic mass is 9.75. The molecule has 3 heteroatoms. The van der Waals surface area contributed by atoms with Gasteiger partial charge in [0.2, 0.25) is 0 Å². The Hall–Kier alpha value is -0.410. The maximum absolute atomic E-state index is 10.2. The number of unbranched alkanes of at least 4 members (excludes halogenated alkanes) is 2. The number of nitrogens with zero attached hydrogens (tertiary/aromatic N) is 1. The number of rotatable bonds is 6. The number of aryl methyl sites for hydroxylation is 1. The van der Waals surface area contributed by atoms with Gasteiger partial charge in [-0.15, -0.1) is 0 Å². The number of fused-ring (bicyclic) bond motifs is 1. The Balaban J connectivity index is 1.96. The summed E-state index contributed by atoms with van der Waals surface area (Å²) in [6.07, 6.45) is 9.93. The average Bonchev–Trinajstić information content (AvgIpc) is 2.71. The first-order valence-corrected chi connectivity index (χ1v) is 8.78. The number of aliphatic hydroxyl groups excluding tert-OH is 1. The van der Waals surface area contributed by atoms with Gasteiger partial charge in [0.1, 0.15) is 0 Å². The zero-order valence-corrected chi connectivity index (χ0v) is 13.3. The summed E-state index contributed by atoms with van der Waals surface area (Å²) in [5.41, 5.74) is 2.76. The van der Waals surface area contributed by atoms with Gasteiger partial charge < -0.3 is 9.67 Å². The van der Waals surface area contributed by atoms with Crippen LogP contribution in [0.2, 0.25) is 0 Å². The molecule has 0 bridgehead atoms. The van der Waals surface area contributed by atoms with E-state index < -0.39 is 0 Å². The second-order valence-electron chi connectivity index (χ2n) is 6.53. The summed E-state index contributed by atoms with van der Waals surface area (Å²) >= 11 is 1.93. The molecule has 0 saturated heterocycles. The molecule has 2 rings (SSSR count). The van der Waals surface area contributed by atoms with Crippen LogP contribution in [0.15, 0.2) is 12.3 Å². The highest BCUT2D eigenvalue weighted by atomic mass is 32.2. The van der Waals surface area contributed by atoms with Crippen molar-refractivity contribution in [2.75, 3.05) is 12.0 Å². The number of aromatic nitrogens is 1. The molecular weight excluding hydrogens is 254 g/mol. The van der Waals surface area contributed by atoms with E-state index in [1.807, 2.05) is 11.8 Å². The zero-order chi connectivity index (χ0) is 13.9. The molecule has 1 aliphatic rings. The van der Waals surface area contributed by atoms with Crippen molar-refractivity contribution in [3.8, 4) is 0 Å². The van der Waals surface area contributed by atoms with Crippen molar-refractivity contribution in [2.24, 2.45) is 5.41 Å². The van der Waals surface area contributed by atoms with Crippen LogP contribution in [0, 0.1) is 5.41 Å². The van der Waals surface area contributed by atoms with Crippen LogP contribution in [-0.2, 0) is 13.0 Å². The van der Waals surface area contributed by atoms with Crippen molar-refractivity contribution in [3.63, 3.8) is 0 Å². The van der Waals surface area contributed by atoms with E-state index in [-0.39, 0.29) is 11.5 Å². The van der Waals surface area contributed by atoms with Gasteiger partial charge in [-0.2, -0.15) is 11.8 Å². The largest absolute Gasteiger partial charge is 0.388 e. The first-order valence-electron chi connectivity index (χ1n) is 7.38. The van der Waals surface area contributed by atoms with Gasteiger partial charge in [-0.1, -0.05) is 20.3 Å². The number of thioether (sulfide) groups is 1. The van der Waals surface area contributed by atoms with Crippen LogP contribution in [0.25, 0.3) is 0 Å². The third-order valence-corrected chi connectivity index (χ3v) is 4.81. The Morgan fingerprint density at radius 1 is 1.37 bits per heavy atom. The summed E-state index contributed by atoms with van der Waals surface area (Å²) in [5, 5.41) is 10.2. The van der Waals surface area contributed by atoms with Gasteiger partial charge in [0.05, 0.1) is 6.10 Å². The van der Waals surface area contributed by atoms with Crippen molar-refractivity contribution >= 4 is 11.8 Å². The molecule has 19 heavy (non-hydrogen) atoms. The Morgan fingerprint density at radius 3 is 2.89 bits per heavy atom.